The van der Waals surface area contributed by atoms with Crippen molar-refractivity contribution in [3.05, 3.63) is 71.5 Å². The van der Waals surface area contributed by atoms with E-state index in [2.05, 4.69) is 41.0 Å². The van der Waals surface area contributed by atoms with Crippen LogP contribution in [0.3, 0.4) is 0 Å². The molecule has 3 rings (SSSR count). The first kappa shape index (κ1) is 19.3. The van der Waals surface area contributed by atoms with Crippen molar-refractivity contribution in [3.8, 4) is 0 Å². The molecule has 0 saturated heterocycles. The number of carbonyl (C=O) groups excluding carboxylic acids is 1. The summed E-state index contributed by atoms with van der Waals surface area (Å²) in [5.41, 5.74) is 8.20. The Morgan fingerprint density at radius 3 is 2.32 bits per heavy atom. The predicted octanol–water partition coefficient (Wildman–Crippen LogP) is 3.85. The Morgan fingerprint density at radius 2 is 1.68 bits per heavy atom. The number of benzene rings is 2. The standard InChI is InChI=1S/C21H23N5O2/c1-21(2,3)15-11-9-14(10-12-15)18(27)28-13-17-24-19(22)26-20(25-17)23-16-7-5-4-6-8-16/h4-12H,13H2,1-3H3,(H3,22,23,24,25,26). The molecule has 0 aliphatic carbocycles. The summed E-state index contributed by atoms with van der Waals surface area (Å²) in [6.45, 7) is 6.25. The van der Waals surface area contributed by atoms with E-state index in [0.717, 1.165) is 11.3 Å². The maximum atomic E-state index is 12.3. The molecule has 0 aliphatic rings. The largest absolute Gasteiger partial charge is 0.454 e. The molecule has 7 nitrogen and oxygen atoms in total. The van der Waals surface area contributed by atoms with Gasteiger partial charge in [-0.1, -0.05) is 51.1 Å². The Labute approximate surface area is 164 Å². The van der Waals surface area contributed by atoms with E-state index < -0.39 is 5.97 Å². The number of aromatic nitrogens is 3. The quantitative estimate of drug-likeness (QED) is 0.651. The Balaban J connectivity index is 1.66. The normalized spacial score (nSPS) is 11.1. The zero-order valence-electron chi connectivity index (χ0n) is 16.1. The summed E-state index contributed by atoms with van der Waals surface area (Å²) >= 11 is 0. The van der Waals surface area contributed by atoms with Gasteiger partial charge in [0.05, 0.1) is 5.56 Å². The number of nitrogens with two attached hydrogens (primary N) is 1. The number of hydrogen-bond donors (Lipinski definition) is 2. The van der Waals surface area contributed by atoms with Gasteiger partial charge in [-0.15, -0.1) is 0 Å². The van der Waals surface area contributed by atoms with Crippen LogP contribution in [0.25, 0.3) is 0 Å². The molecule has 0 atom stereocenters. The van der Waals surface area contributed by atoms with Crippen LogP contribution in [0.4, 0.5) is 17.6 Å². The Morgan fingerprint density at radius 1 is 1.00 bits per heavy atom. The Hall–Kier alpha value is -3.48. The van der Waals surface area contributed by atoms with Crippen molar-refractivity contribution >= 4 is 23.6 Å². The molecule has 3 N–H and O–H groups in total. The third kappa shape index (κ3) is 5.03. The lowest BCUT2D eigenvalue weighted by Crippen LogP contribution is -2.13. The molecule has 3 aromatic rings. The lowest BCUT2D eigenvalue weighted by molar-refractivity contribution is 0.0462. The molecule has 1 aromatic heterocycles. The molecule has 7 heteroatoms. The molecule has 28 heavy (non-hydrogen) atoms. The van der Waals surface area contributed by atoms with Gasteiger partial charge in [-0.05, 0) is 35.2 Å². The number of rotatable bonds is 5. The molecule has 0 fully saturated rings. The number of esters is 1. The second kappa shape index (κ2) is 8.04. The molecular weight excluding hydrogens is 354 g/mol. The zero-order chi connectivity index (χ0) is 20.1. The minimum Gasteiger partial charge on any atom is -0.454 e. The number of para-hydroxylation sites is 1. The lowest BCUT2D eigenvalue weighted by Gasteiger charge is -2.18. The molecular formula is C21H23N5O2. The summed E-state index contributed by atoms with van der Waals surface area (Å²) in [7, 11) is 0. The van der Waals surface area contributed by atoms with Crippen LogP contribution in [-0.2, 0) is 16.8 Å². The first-order chi connectivity index (χ1) is 13.3. The van der Waals surface area contributed by atoms with Crippen LogP contribution in [0, 0.1) is 0 Å². The number of anilines is 3. The third-order valence-electron chi connectivity index (χ3n) is 4.05. The number of nitrogen functional groups attached to an aromatic ring is 1. The van der Waals surface area contributed by atoms with Gasteiger partial charge >= 0.3 is 5.97 Å². The molecule has 0 aliphatic heterocycles. The average molecular weight is 377 g/mol. The molecule has 0 bridgehead atoms. The van der Waals surface area contributed by atoms with Crippen molar-refractivity contribution in [2.75, 3.05) is 11.1 Å². The van der Waals surface area contributed by atoms with Crippen LogP contribution in [-0.4, -0.2) is 20.9 Å². The summed E-state index contributed by atoms with van der Waals surface area (Å²) in [5.74, 6) is 0.163. The number of carbonyl (C=O) groups is 1. The average Bonchev–Trinajstić information content (AvgIpc) is 2.66. The van der Waals surface area contributed by atoms with E-state index in [1.165, 1.54) is 0 Å². The highest BCUT2D eigenvalue weighted by Crippen LogP contribution is 2.22. The van der Waals surface area contributed by atoms with E-state index >= 15 is 0 Å². The number of nitrogens with zero attached hydrogens (tertiary/aromatic N) is 3. The summed E-state index contributed by atoms with van der Waals surface area (Å²) in [6.07, 6.45) is 0. The smallest absolute Gasteiger partial charge is 0.338 e. The number of nitrogens with one attached hydrogen (secondary N) is 1. The van der Waals surface area contributed by atoms with E-state index in [-0.39, 0.29) is 23.8 Å². The number of ether oxygens (including phenoxy) is 1. The minimum absolute atomic E-state index is 0.0208. The van der Waals surface area contributed by atoms with Crippen molar-refractivity contribution < 1.29 is 9.53 Å². The maximum absolute atomic E-state index is 12.3. The van der Waals surface area contributed by atoms with Crippen molar-refractivity contribution in [2.24, 2.45) is 0 Å². The van der Waals surface area contributed by atoms with Gasteiger partial charge in [0, 0.05) is 5.69 Å². The fourth-order valence-corrected chi connectivity index (χ4v) is 2.53. The van der Waals surface area contributed by atoms with Crippen molar-refractivity contribution in [2.45, 2.75) is 32.8 Å². The van der Waals surface area contributed by atoms with Crippen molar-refractivity contribution in [3.63, 3.8) is 0 Å². The van der Waals surface area contributed by atoms with Gasteiger partial charge < -0.3 is 15.8 Å². The first-order valence-electron chi connectivity index (χ1n) is 8.91. The van der Waals surface area contributed by atoms with E-state index in [0.29, 0.717) is 11.5 Å². The van der Waals surface area contributed by atoms with Gasteiger partial charge in [0.25, 0.3) is 0 Å². The molecule has 0 unspecified atom stereocenters. The maximum Gasteiger partial charge on any atom is 0.338 e. The Bertz CT molecular complexity index is 951. The van der Waals surface area contributed by atoms with E-state index in [4.69, 9.17) is 10.5 Å². The molecule has 144 valence electrons. The fraction of sp³-hybridized carbons (Fsp3) is 0.238. The Kier molecular flexibility index (Phi) is 5.54. The van der Waals surface area contributed by atoms with Gasteiger partial charge in [-0.25, -0.2) is 4.79 Å². The monoisotopic (exact) mass is 377 g/mol. The molecule has 1 heterocycles. The second-order valence-corrected chi connectivity index (χ2v) is 7.33. The fourth-order valence-electron chi connectivity index (χ4n) is 2.53. The van der Waals surface area contributed by atoms with Crippen LogP contribution in [0.2, 0.25) is 0 Å². The van der Waals surface area contributed by atoms with Gasteiger partial charge in [0.2, 0.25) is 11.9 Å². The highest BCUT2D eigenvalue weighted by molar-refractivity contribution is 5.89. The minimum atomic E-state index is -0.447. The molecule has 2 aromatic carbocycles. The second-order valence-electron chi connectivity index (χ2n) is 7.33. The SMILES string of the molecule is CC(C)(C)c1ccc(C(=O)OCc2nc(N)nc(Nc3ccccc3)n2)cc1. The lowest BCUT2D eigenvalue weighted by atomic mass is 9.87. The summed E-state index contributed by atoms with van der Waals surface area (Å²) < 4.78 is 5.32. The number of hydrogen-bond acceptors (Lipinski definition) is 7. The van der Waals surface area contributed by atoms with E-state index in [9.17, 15) is 4.79 Å². The van der Waals surface area contributed by atoms with Crippen LogP contribution in [0.1, 0.15) is 42.5 Å². The van der Waals surface area contributed by atoms with Crippen LogP contribution in [0.15, 0.2) is 54.6 Å². The predicted molar refractivity (Wildman–Crippen MR) is 108 cm³/mol. The summed E-state index contributed by atoms with van der Waals surface area (Å²) in [6, 6.07) is 16.8. The summed E-state index contributed by atoms with van der Waals surface area (Å²) in [5, 5.41) is 3.04. The highest BCUT2D eigenvalue weighted by Gasteiger charge is 2.15. The highest BCUT2D eigenvalue weighted by atomic mass is 16.5. The van der Waals surface area contributed by atoms with Crippen molar-refractivity contribution in [1.82, 2.24) is 15.0 Å². The topological polar surface area (TPSA) is 103 Å². The molecule has 0 spiro atoms. The molecule has 0 radical (unpaired) electrons. The van der Waals surface area contributed by atoms with Gasteiger partial charge in [-0.3, -0.25) is 0 Å². The van der Waals surface area contributed by atoms with E-state index in [1.807, 2.05) is 42.5 Å². The molecule has 0 amide bonds. The van der Waals surface area contributed by atoms with Gasteiger partial charge in [0.15, 0.2) is 12.4 Å². The van der Waals surface area contributed by atoms with Crippen molar-refractivity contribution in [1.29, 1.82) is 0 Å². The van der Waals surface area contributed by atoms with Gasteiger partial charge in [-0.2, -0.15) is 15.0 Å². The van der Waals surface area contributed by atoms with Crippen LogP contribution in [0.5, 0.6) is 0 Å². The van der Waals surface area contributed by atoms with E-state index in [1.54, 1.807) is 12.1 Å². The first-order valence-corrected chi connectivity index (χ1v) is 8.91. The summed E-state index contributed by atoms with van der Waals surface area (Å²) in [4.78, 5) is 24.6. The van der Waals surface area contributed by atoms with Crippen LogP contribution >= 0.6 is 0 Å². The molecule has 0 saturated carbocycles. The third-order valence-corrected chi connectivity index (χ3v) is 4.05. The van der Waals surface area contributed by atoms with Gasteiger partial charge in [0.1, 0.15) is 0 Å². The van der Waals surface area contributed by atoms with Crippen LogP contribution < -0.4 is 11.1 Å². The zero-order valence-corrected chi connectivity index (χ0v) is 16.1.